The summed E-state index contributed by atoms with van der Waals surface area (Å²) in [6, 6.07) is 9.63. The van der Waals surface area contributed by atoms with Crippen molar-refractivity contribution in [3.05, 3.63) is 47.5 Å². The van der Waals surface area contributed by atoms with Gasteiger partial charge in [-0.05, 0) is 49.1 Å². The maximum Gasteiger partial charge on any atom is 0.268 e. The van der Waals surface area contributed by atoms with Crippen molar-refractivity contribution in [1.82, 2.24) is 25.3 Å². The van der Waals surface area contributed by atoms with Crippen LogP contribution in [0.3, 0.4) is 0 Å². The number of rotatable bonds is 7. The minimum absolute atomic E-state index is 0.0492. The van der Waals surface area contributed by atoms with Crippen LogP contribution in [0.2, 0.25) is 0 Å². The topological polar surface area (TPSA) is 85.8 Å². The smallest absolute Gasteiger partial charge is 0.268 e. The van der Waals surface area contributed by atoms with Gasteiger partial charge in [-0.25, -0.2) is 4.68 Å². The minimum atomic E-state index is -0.0492. The summed E-state index contributed by atoms with van der Waals surface area (Å²) in [6.45, 7) is 10.1. The summed E-state index contributed by atoms with van der Waals surface area (Å²) in [5.74, 6) is 1.11. The number of carbonyl (C=O) groups excluding carboxylic acids is 1. The zero-order valence-electron chi connectivity index (χ0n) is 17.1. The Kier molecular flexibility index (Phi) is 5.92. The van der Waals surface area contributed by atoms with Crippen molar-refractivity contribution in [3.8, 4) is 17.3 Å². The van der Waals surface area contributed by atoms with Crippen molar-refractivity contribution in [3.63, 3.8) is 0 Å². The van der Waals surface area contributed by atoms with Crippen molar-refractivity contribution >= 4 is 5.91 Å². The highest BCUT2D eigenvalue weighted by Gasteiger charge is 2.18. The molecule has 2 heterocycles. The largest absolute Gasteiger partial charge is 0.420 e. The van der Waals surface area contributed by atoms with E-state index in [-0.39, 0.29) is 17.9 Å². The molecule has 7 nitrogen and oxygen atoms in total. The molecule has 0 aliphatic rings. The number of benzene rings is 1. The standard InChI is InChI=1S/C21H27N5O2/c1-6-16(7-2)22-20(27)15-8-10-17(11-9-15)26-19(13(3)4)12-18(25-26)21-24-23-14(5)28-21/h8-13,16H,6-7H2,1-5H3,(H,22,27). The lowest BCUT2D eigenvalue weighted by atomic mass is 10.1. The Morgan fingerprint density at radius 3 is 2.36 bits per heavy atom. The first-order valence-corrected chi connectivity index (χ1v) is 9.74. The third-order valence-electron chi connectivity index (χ3n) is 4.77. The van der Waals surface area contributed by atoms with Gasteiger partial charge < -0.3 is 9.73 Å². The average Bonchev–Trinajstić information content (AvgIpc) is 3.32. The van der Waals surface area contributed by atoms with Gasteiger partial charge in [0.1, 0.15) is 5.69 Å². The molecule has 148 valence electrons. The third-order valence-corrected chi connectivity index (χ3v) is 4.77. The van der Waals surface area contributed by atoms with Crippen LogP contribution in [0.4, 0.5) is 0 Å². The molecule has 0 saturated carbocycles. The van der Waals surface area contributed by atoms with Gasteiger partial charge in [0.15, 0.2) is 0 Å². The lowest BCUT2D eigenvalue weighted by Crippen LogP contribution is -2.33. The molecule has 1 amide bonds. The molecular weight excluding hydrogens is 354 g/mol. The van der Waals surface area contributed by atoms with Gasteiger partial charge in [0.2, 0.25) is 5.89 Å². The van der Waals surface area contributed by atoms with Crippen molar-refractivity contribution in [2.45, 2.75) is 59.4 Å². The van der Waals surface area contributed by atoms with Crippen molar-refractivity contribution in [1.29, 1.82) is 0 Å². The van der Waals surface area contributed by atoms with E-state index in [9.17, 15) is 4.79 Å². The van der Waals surface area contributed by atoms with E-state index in [1.807, 2.05) is 35.0 Å². The van der Waals surface area contributed by atoms with Gasteiger partial charge in [0.25, 0.3) is 11.8 Å². The lowest BCUT2D eigenvalue weighted by molar-refractivity contribution is 0.0935. The zero-order chi connectivity index (χ0) is 20.3. The van der Waals surface area contributed by atoms with E-state index >= 15 is 0 Å². The maximum absolute atomic E-state index is 12.4. The molecule has 0 saturated heterocycles. The molecule has 0 unspecified atom stereocenters. The number of amides is 1. The van der Waals surface area contributed by atoms with Crippen molar-refractivity contribution < 1.29 is 9.21 Å². The van der Waals surface area contributed by atoms with Crippen molar-refractivity contribution in [2.75, 3.05) is 0 Å². The van der Waals surface area contributed by atoms with E-state index in [2.05, 4.69) is 48.3 Å². The van der Waals surface area contributed by atoms with Gasteiger partial charge in [-0.3, -0.25) is 4.79 Å². The molecule has 0 aliphatic heterocycles. The summed E-state index contributed by atoms with van der Waals surface area (Å²) in [4.78, 5) is 12.4. The number of aryl methyl sites for hydroxylation is 1. The Hall–Kier alpha value is -2.96. The minimum Gasteiger partial charge on any atom is -0.420 e. The van der Waals surface area contributed by atoms with Gasteiger partial charge in [-0.2, -0.15) is 5.10 Å². The molecule has 28 heavy (non-hydrogen) atoms. The van der Waals surface area contributed by atoms with Gasteiger partial charge in [0.05, 0.1) is 5.69 Å². The number of hydrogen-bond acceptors (Lipinski definition) is 5. The number of aromatic nitrogens is 4. The van der Waals surface area contributed by atoms with Gasteiger partial charge in [-0.15, -0.1) is 10.2 Å². The highest BCUT2D eigenvalue weighted by Crippen LogP contribution is 2.25. The number of nitrogens with zero attached hydrogens (tertiary/aromatic N) is 4. The van der Waals surface area contributed by atoms with E-state index < -0.39 is 0 Å². The first kappa shape index (κ1) is 19.8. The number of hydrogen-bond donors (Lipinski definition) is 1. The SMILES string of the molecule is CCC(CC)NC(=O)c1ccc(-n2nc(-c3nnc(C)o3)cc2C(C)C)cc1. The Morgan fingerprint density at radius 1 is 1.14 bits per heavy atom. The molecule has 3 aromatic rings. The summed E-state index contributed by atoms with van der Waals surface area (Å²) in [5, 5.41) is 15.7. The highest BCUT2D eigenvalue weighted by atomic mass is 16.4. The monoisotopic (exact) mass is 381 g/mol. The van der Waals surface area contributed by atoms with Crippen LogP contribution in [0.1, 0.15) is 68.4 Å². The molecule has 3 rings (SSSR count). The molecule has 0 radical (unpaired) electrons. The second-order valence-corrected chi connectivity index (χ2v) is 7.18. The Bertz CT molecular complexity index is 936. The van der Waals surface area contributed by atoms with Crippen LogP contribution in [0.15, 0.2) is 34.7 Å². The fourth-order valence-corrected chi connectivity index (χ4v) is 3.03. The van der Waals surface area contributed by atoms with Crippen LogP contribution in [-0.4, -0.2) is 31.9 Å². The van der Waals surface area contributed by atoms with Crippen LogP contribution in [-0.2, 0) is 0 Å². The van der Waals surface area contributed by atoms with Crippen LogP contribution in [0.5, 0.6) is 0 Å². The van der Waals surface area contributed by atoms with E-state index in [0.29, 0.717) is 23.0 Å². The fourth-order valence-electron chi connectivity index (χ4n) is 3.03. The zero-order valence-corrected chi connectivity index (χ0v) is 17.1. The molecule has 0 atom stereocenters. The molecule has 0 fully saturated rings. The average molecular weight is 381 g/mol. The van der Waals surface area contributed by atoms with Crippen LogP contribution in [0.25, 0.3) is 17.3 Å². The summed E-state index contributed by atoms with van der Waals surface area (Å²) >= 11 is 0. The Morgan fingerprint density at radius 2 is 1.82 bits per heavy atom. The van der Waals surface area contributed by atoms with Gasteiger partial charge >= 0.3 is 0 Å². The molecule has 0 spiro atoms. The summed E-state index contributed by atoms with van der Waals surface area (Å²) in [7, 11) is 0. The quantitative estimate of drug-likeness (QED) is 0.660. The number of nitrogens with one attached hydrogen (secondary N) is 1. The second kappa shape index (κ2) is 8.37. The van der Waals surface area contributed by atoms with E-state index in [1.165, 1.54) is 0 Å². The van der Waals surface area contributed by atoms with E-state index in [1.54, 1.807) is 6.92 Å². The predicted molar refractivity (Wildman–Crippen MR) is 108 cm³/mol. The summed E-state index contributed by atoms with van der Waals surface area (Å²) in [5.41, 5.74) is 3.19. The fraction of sp³-hybridized carbons (Fsp3) is 0.429. The molecule has 0 bridgehead atoms. The van der Waals surface area contributed by atoms with Crippen molar-refractivity contribution in [2.24, 2.45) is 0 Å². The Labute approximate surface area is 165 Å². The second-order valence-electron chi connectivity index (χ2n) is 7.18. The number of carbonyl (C=O) groups is 1. The van der Waals surface area contributed by atoms with Crippen LogP contribution < -0.4 is 5.32 Å². The summed E-state index contributed by atoms with van der Waals surface area (Å²) in [6.07, 6.45) is 1.84. The predicted octanol–water partition coefficient (Wildman–Crippen LogP) is 4.27. The van der Waals surface area contributed by atoms with E-state index in [4.69, 9.17) is 4.42 Å². The lowest BCUT2D eigenvalue weighted by Gasteiger charge is -2.15. The maximum atomic E-state index is 12.4. The molecule has 7 heteroatoms. The van der Waals surface area contributed by atoms with Crippen LogP contribution in [0, 0.1) is 6.92 Å². The molecule has 1 N–H and O–H groups in total. The first-order valence-electron chi connectivity index (χ1n) is 9.74. The van der Waals surface area contributed by atoms with Gasteiger partial charge in [-0.1, -0.05) is 27.7 Å². The molecule has 0 aliphatic carbocycles. The molecule has 2 aromatic heterocycles. The first-order chi connectivity index (χ1) is 13.4. The summed E-state index contributed by atoms with van der Waals surface area (Å²) < 4.78 is 7.37. The normalized spacial score (nSPS) is 11.4. The molecule has 1 aromatic carbocycles. The highest BCUT2D eigenvalue weighted by molar-refractivity contribution is 5.94. The molecular formula is C21H27N5O2. The third kappa shape index (κ3) is 4.13. The van der Waals surface area contributed by atoms with E-state index in [0.717, 1.165) is 24.2 Å². The van der Waals surface area contributed by atoms with Gasteiger partial charge in [0, 0.05) is 24.2 Å². The Balaban J connectivity index is 1.89. The van der Waals surface area contributed by atoms with Crippen LogP contribution >= 0.6 is 0 Å².